The van der Waals surface area contributed by atoms with Crippen LogP contribution in [0.1, 0.15) is 39.4 Å². The largest absolute Gasteiger partial charge is 0.444 e. The fourth-order valence-corrected chi connectivity index (χ4v) is 3.20. The van der Waals surface area contributed by atoms with Gasteiger partial charge in [0.25, 0.3) is 5.89 Å². The quantitative estimate of drug-likeness (QED) is 0.664. The highest BCUT2D eigenvalue weighted by atomic mass is 16.6. The van der Waals surface area contributed by atoms with Crippen molar-refractivity contribution in [3.05, 3.63) is 36.5 Å². The Kier molecular flexibility index (Phi) is 5.23. The summed E-state index contributed by atoms with van der Waals surface area (Å²) in [4.78, 5) is 22.5. The Hall–Kier alpha value is -2.94. The van der Waals surface area contributed by atoms with Gasteiger partial charge in [0.15, 0.2) is 5.82 Å². The van der Waals surface area contributed by atoms with Gasteiger partial charge in [0.05, 0.1) is 6.10 Å². The second kappa shape index (κ2) is 7.82. The number of piperidine rings is 1. The van der Waals surface area contributed by atoms with Crippen LogP contribution in [0.4, 0.5) is 4.79 Å². The summed E-state index contributed by atoms with van der Waals surface area (Å²) in [5.74, 6) is 0.937. The second-order valence-electron chi connectivity index (χ2n) is 8.10. The minimum Gasteiger partial charge on any atom is -0.444 e. The number of likely N-dealkylation sites (tertiary alicyclic amines) is 1. The maximum absolute atomic E-state index is 12.1. The van der Waals surface area contributed by atoms with Crippen molar-refractivity contribution in [2.45, 2.75) is 51.9 Å². The van der Waals surface area contributed by atoms with E-state index >= 15 is 0 Å². The highest BCUT2D eigenvalue weighted by molar-refractivity contribution is 5.68. The molecule has 1 fully saturated rings. The SMILES string of the molecule is CC(C)(C)OC(=O)N1CCC(OCc2noc(-c3ccn4ccnc4c3)n2)CC1. The van der Waals surface area contributed by atoms with Gasteiger partial charge in [0.1, 0.15) is 17.9 Å². The summed E-state index contributed by atoms with van der Waals surface area (Å²) in [7, 11) is 0. The molecule has 0 atom stereocenters. The van der Waals surface area contributed by atoms with E-state index in [0.717, 1.165) is 24.1 Å². The number of rotatable bonds is 4. The first-order valence-corrected chi connectivity index (χ1v) is 9.72. The molecule has 4 rings (SSSR count). The molecule has 0 aliphatic carbocycles. The molecule has 9 heteroatoms. The van der Waals surface area contributed by atoms with Crippen molar-refractivity contribution in [1.29, 1.82) is 0 Å². The van der Waals surface area contributed by atoms with Gasteiger partial charge in [-0.15, -0.1) is 0 Å². The van der Waals surface area contributed by atoms with Crippen LogP contribution in [0.5, 0.6) is 0 Å². The molecule has 0 N–H and O–H groups in total. The van der Waals surface area contributed by atoms with E-state index in [1.54, 1.807) is 11.1 Å². The molecule has 4 heterocycles. The lowest BCUT2D eigenvalue weighted by Gasteiger charge is -2.33. The average molecular weight is 399 g/mol. The molecule has 1 aliphatic heterocycles. The monoisotopic (exact) mass is 399 g/mol. The molecule has 1 amide bonds. The van der Waals surface area contributed by atoms with Crippen molar-refractivity contribution in [2.75, 3.05) is 13.1 Å². The first-order valence-electron chi connectivity index (χ1n) is 9.72. The van der Waals surface area contributed by atoms with Crippen molar-refractivity contribution >= 4 is 11.7 Å². The van der Waals surface area contributed by atoms with Gasteiger partial charge >= 0.3 is 6.09 Å². The third kappa shape index (κ3) is 4.73. The molecule has 0 radical (unpaired) electrons. The van der Waals surface area contributed by atoms with Crippen LogP contribution in [0.3, 0.4) is 0 Å². The van der Waals surface area contributed by atoms with Crippen molar-refractivity contribution in [3.8, 4) is 11.5 Å². The molecule has 0 saturated carbocycles. The average Bonchev–Trinajstić information content (AvgIpc) is 3.34. The van der Waals surface area contributed by atoms with E-state index in [0.29, 0.717) is 24.8 Å². The minimum atomic E-state index is -0.483. The molecule has 9 nitrogen and oxygen atoms in total. The van der Waals surface area contributed by atoms with Crippen LogP contribution >= 0.6 is 0 Å². The van der Waals surface area contributed by atoms with E-state index in [4.69, 9.17) is 14.0 Å². The first-order chi connectivity index (χ1) is 13.9. The maximum Gasteiger partial charge on any atom is 0.410 e. The Balaban J connectivity index is 1.28. The number of imidazole rings is 1. The summed E-state index contributed by atoms with van der Waals surface area (Å²) >= 11 is 0. The zero-order valence-electron chi connectivity index (χ0n) is 16.9. The standard InChI is InChI=1S/C20H25N5O4/c1-20(2,3)28-19(26)25-9-5-15(6-10-25)27-13-16-22-18(29-23-16)14-4-8-24-11-7-21-17(24)12-14/h4,7-8,11-12,15H,5-6,9-10,13H2,1-3H3. The molecular formula is C20H25N5O4. The molecule has 3 aromatic heterocycles. The number of carbonyl (C=O) groups is 1. The van der Waals surface area contributed by atoms with Crippen LogP contribution in [-0.4, -0.2) is 55.3 Å². The van der Waals surface area contributed by atoms with Gasteiger partial charge < -0.3 is 23.3 Å². The molecule has 0 unspecified atom stereocenters. The van der Waals surface area contributed by atoms with Crippen molar-refractivity contribution in [1.82, 2.24) is 24.4 Å². The molecule has 1 aliphatic rings. The van der Waals surface area contributed by atoms with Gasteiger partial charge in [-0.05, 0) is 45.7 Å². The number of amides is 1. The summed E-state index contributed by atoms with van der Waals surface area (Å²) in [6, 6.07) is 3.80. The minimum absolute atomic E-state index is 0.0527. The predicted octanol–water partition coefficient (Wildman–Crippen LogP) is 3.30. The molecule has 0 aromatic carbocycles. The topological polar surface area (TPSA) is 95.0 Å². The van der Waals surface area contributed by atoms with Gasteiger partial charge in [-0.1, -0.05) is 5.16 Å². The lowest BCUT2D eigenvalue weighted by Crippen LogP contribution is -2.43. The van der Waals surface area contributed by atoms with E-state index in [-0.39, 0.29) is 18.8 Å². The van der Waals surface area contributed by atoms with E-state index < -0.39 is 5.60 Å². The Morgan fingerprint density at radius 1 is 1.28 bits per heavy atom. The number of fused-ring (bicyclic) bond motifs is 1. The summed E-state index contributed by atoms with van der Waals surface area (Å²) in [5, 5.41) is 4.01. The van der Waals surface area contributed by atoms with Crippen LogP contribution in [-0.2, 0) is 16.1 Å². The fourth-order valence-electron chi connectivity index (χ4n) is 3.20. The second-order valence-corrected chi connectivity index (χ2v) is 8.10. The maximum atomic E-state index is 12.1. The molecule has 0 bridgehead atoms. The Morgan fingerprint density at radius 2 is 2.07 bits per heavy atom. The van der Waals surface area contributed by atoms with Crippen LogP contribution in [0.15, 0.2) is 35.2 Å². The van der Waals surface area contributed by atoms with Crippen molar-refractivity contribution in [3.63, 3.8) is 0 Å². The molecule has 154 valence electrons. The number of ether oxygens (including phenoxy) is 2. The Bertz CT molecular complexity index is 982. The summed E-state index contributed by atoms with van der Waals surface area (Å²) in [6.07, 6.45) is 6.79. The number of hydrogen-bond acceptors (Lipinski definition) is 7. The van der Waals surface area contributed by atoms with Crippen molar-refractivity contribution < 1.29 is 18.8 Å². The summed E-state index contributed by atoms with van der Waals surface area (Å²) < 4.78 is 18.6. The Labute approximate surface area is 168 Å². The molecule has 0 spiro atoms. The van der Waals surface area contributed by atoms with E-state index in [1.807, 2.05) is 49.7 Å². The third-order valence-corrected chi connectivity index (χ3v) is 4.65. The van der Waals surface area contributed by atoms with Crippen LogP contribution in [0.2, 0.25) is 0 Å². The summed E-state index contributed by atoms with van der Waals surface area (Å²) in [6.45, 7) is 7.10. The van der Waals surface area contributed by atoms with Gasteiger partial charge in [-0.2, -0.15) is 4.98 Å². The lowest BCUT2D eigenvalue weighted by atomic mass is 10.1. The molecule has 29 heavy (non-hydrogen) atoms. The number of nitrogens with zero attached hydrogens (tertiary/aromatic N) is 5. The fraction of sp³-hybridized carbons (Fsp3) is 0.500. The van der Waals surface area contributed by atoms with Gasteiger partial charge in [-0.25, -0.2) is 9.78 Å². The first kappa shape index (κ1) is 19.4. The number of pyridine rings is 1. The zero-order chi connectivity index (χ0) is 20.4. The molecule has 1 saturated heterocycles. The normalized spacial score (nSPS) is 15.8. The smallest absolute Gasteiger partial charge is 0.410 e. The Morgan fingerprint density at radius 3 is 2.83 bits per heavy atom. The van der Waals surface area contributed by atoms with E-state index in [2.05, 4.69) is 15.1 Å². The van der Waals surface area contributed by atoms with Crippen LogP contribution < -0.4 is 0 Å². The summed E-state index contributed by atoms with van der Waals surface area (Å²) in [5.41, 5.74) is 1.14. The van der Waals surface area contributed by atoms with E-state index in [1.165, 1.54) is 0 Å². The van der Waals surface area contributed by atoms with E-state index in [9.17, 15) is 4.79 Å². The van der Waals surface area contributed by atoms with Gasteiger partial charge in [0.2, 0.25) is 0 Å². The third-order valence-electron chi connectivity index (χ3n) is 4.65. The van der Waals surface area contributed by atoms with Crippen LogP contribution in [0.25, 0.3) is 17.1 Å². The number of aromatic nitrogens is 4. The van der Waals surface area contributed by atoms with Gasteiger partial charge in [0, 0.05) is 37.2 Å². The predicted molar refractivity (Wildman–Crippen MR) is 104 cm³/mol. The number of carbonyl (C=O) groups excluding carboxylic acids is 1. The van der Waals surface area contributed by atoms with Crippen LogP contribution in [0, 0.1) is 0 Å². The zero-order valence-corrected chi connectivity index (χ0v) is 16.9. The highest BCUT2D eigenvalue weighted by Gasteiger charge is 2.27. The van der Waals surface area contributed by atoms with Gasteiger partial charge in [-0.3, -0.25) is 0 Å². The molecule has 3 aromatic rings. The molecular weight excluding hydrogens is 374 g/mol. The number of hydrogen-bond donors (Lipinski definition) is 0. The lowest BCUT2D eigenvalue weighted by molar-refractivity contribution is -0.0190. The highest BCUT2D eigenvalue weighted by Crippen LogP contribution is 2.21. The van der Waals surface area contributed by atoms with Crippen molar-refractivity contribution in [2.24, 2.45) is 0 Å².